The van der Waals surface area contributed by atoms with Crippen molar-refractivity contribution in [1.29, 1.82) is 0 Å². The van der Waals surface area contributed by atoms with Crippen LogP contribution in [0, 0.1) is 0 Å². The zero-order valence-electron chi connectivity index (χ0n) is 15.2. The second-order valence-corrected chi connectivity index (χ2v) is 5.72. The summed E-state index contributed by atoms with van der Waals surface area (Å²) in [4.78, 5) is 4.70. The lowest BCUT2D eigenvalue weighted by Crippen LogP contribution is -2.38. The van der Waals surface area contributed by atoms with Crippen LogP contribution >= 0.6 is 24.0 Å². The first-order chi connectivity index (χ1) is 11.7. The molecule has 136 valence electrons. The summed E-state index contributed by atoms with van der Waals surface area (Å²) in [5.41, 5.74) is 3.58. The Morgan fingerprint density at radius 1 is 1.08 bits per heavy atom. The van der Waals surface area contributed by atoms with E-state index in [4.69, 9.17) is 9.73 Å². The number of nitrogens with zero attached hydrogens (tertiary/aromatic N) is 1. The van der Waals surface area contributed by atoms with Gasteiger partial charge in [-0.3, -0.25) is 0 Å². The molecule has 0 bridgehead atoms. The van der Waals surface area contributed by atoms with E-state index in [0.717, 1.165) is 12.5 Å². The molecule has 0 saturated carbocycles. The van der Waals surface area contributed by atoms with Gasteiger partial charge in [-0.05, 0) is 30.5 Å². The first-order valence-electron chi connectivity index (χ1n) is 8.39. The fourth-order valence-corrected chi connectivity index (χ4v) is 2.50. The van der Waals surface area contributed by atoms with Crippen LogP contribution in [0.4, 0.5) is 0 Å². The van der Waals surface area contributed by atoms with Gasteiger partial charge in [0.2, 0.25) is 0 Å². The number of guanidine groups is 1. The van der Waals surface area contributed by atoms with Gasteiger partial charge >= 0.3 is 0 Å². The molecule has 0 saturated heterocycles. The molecule has 2 aromatic rings. The summed E-state index contributed by atoms with van der Waals surface area (Å²) in [6.45, 7) is 6.30. The minimum atomic E-state index is 0. The predicted octanol–water partition coefficient (Wildman–Crippen LogP) is 4.27. The third kappa shape index (κ3) is 7.44. The first-order valence-corrected chi connectivity index (χ1v) is 8.39. The molecule has 2 N–H and O–H groups in total. The molecule has 2 aromatic carbocycles. The van der Waals surface area contributed by atoms with Gasteiger partial charge in [0.1, 0.15) is 0 Å². The molecule has 0 fully saturated rings. The van der Waals surface area contributed by atoms with E-state index >= 15 is 0 Å². The van der Waals surface area contributed by atoms with Gasteiger partial charge in [-0.15, -0.1) is 24.0 Å². The number of rotatable bonds is 7. The number of hydrogen-bond acceptors (Lipinski definition) is 2. The number of nitrogens with one attached hydrogen (secondary N) is 2. The molecule has 0 radical (unpaired) electrons. The van der Waals surface area contributed by atoms with Crippen LogP contribution in [-0.2, 0) is 17.9 Å². The van der Waals surface area contributed by atoms with Crippen LogP contribution in [0.5, 0.6) is 0 Å². The highest BCUT2D eigenvalue weighted by atomic mass is 127. The Kier molecular flexibility index (Phi) is 10.2. The second kappa shape index (κ2) is 11.9. The lowest BCUT2D eigenvalue weighted by Gasteiger charge is -2.18. The smallest absolute Gasteiger partial charge is 0.192 e. The van der Waals surface area contributed by atoms with Crippen molar-refractivity contribution in [2.24, 2.45) is 4.99 Å². The van der Waals surface area contributed by atoms with E-state index in [9.17, 15) is 0 Å². The van der Waals surface area contributed by atoms with Crippen molar-refractivity contribution < 1.29 is 4.74 Å². The van der Waals surface area contributed by atoms with Gasteiger partial charge in [-0.25, -0.2) is 4.99 Å². The number of aliphatic imine (C=N–C) groups is 1. The Balaban J connectivity index is 0.00000312. The van der Waals surface area contributed by atoms with Crippen molar-refractivity contribution in [2.75, 3.05) is 13.7 Å². The van der Waals surface area contributed by atoms with Gasteiger partial charge < -0.3 is 15.4 Å². The number of ether oxygens (including phenoxy) is 1. The SMILES string of the molecule is CCNC(=NCc1cccc(COC)c1)NC(C)c1ccccc1.I. The maximum absolute atomic E-state index is 5.19. The third-order valence-corrected chi connectivity index (χ3v) is 3.72. The van der Waals surface area contributed by atoms with Gasteiger partial charge in [0.05, 0.1) is 19.2 Å². The molecule has 0 amide bonds. The normalized spacial score (nSPS) is 12.2. The fourth-order valence-electron chi connectivity index (χ4n) is 2.50. The molecule has 1 unspecified atom stereocenters. The van der Waals surface area contributed by atoms with Gasteiger partial charge in [-0.1, -0.05) is 54.6 Å². The number of hydrogen-bond donors (Lipinski definition) is 2. The summed E-state index contributed by atoms with van der Waals surface area (Å²) in [5.74, 6) is 0.825. The lowest BCUT2D eigenvalue weighted by atomic mass is 10.1. The molecule has 1 atom stereocenters. The van der Waals surface area contributed by atoms with Crippen LogP contribution in [0.3, 0.4) is 0 Å². The lowest BCUT2D eigenvalue weighted by molar-refractivity contribution is 0.185. The van der Waals surface area contributed by atoms with E-state index < -0.39 is 0 Å². The van der Waals surface area contributed by atoms with Gasteiger partial charge in [-0.2, -0.15) is 0 Å². The second-order valence-electron chi connectivity index (χ2n) is 5.72. The molecule has 0 spiro atoms. The number of benzene rings is 2. The van der Waals surface area contributed by atoms with E-state index in [2.05, 4.69) is 66.9 Å². The van der Waals surface area contributed by atoms with Gasteiger partial charge in [0.15, 0.2) is 5.96 Å². The quantitative estimate of drug-likeness (QED) is 0.374. The highest BCUT2D eigenvalue weighted by molar-refractivity contribution is 14.0. The minimum Gasteiger partial charge on any atom is -0.380 e. The standard InChI is InChI=1S/C20H27N3O.HI/c1-4-21-20(23-16(2)19-11-6-5-7-12-19)22-14-17-9-8-10-18(13-17)15-24-3;/h5-13,16H,4,14-15H2,1-3H3,(H2,21,22,23);1H. The van der Waals surface area contributed by atoms with Crippen molar-refractivity contribution in [3.63, 3.8) is 0 Å². The largest absolute Gasteiger partial charge is 0.380 e. The van der Waals surface area contributed by atoms with Crippen LogP contribution in [0.15, 0.2) is 59.6 Å². The molecule has 0 heterocycles. The topological polar surface area (TPSA) is 45.7 Å². The van der Waals surface area contributed by atoms with Gasteiger partial charge in [0.25, 0.3) is 0 Å². The molecule has 0 aliphatic heterocycles. The fraction of sp³-hybridized carbons (Fsp3) is 0.350. The Morgan fingerprint density at radius 3 is 2.48 bits per heavy atom. The zero-order chi connectivity index (χ0) is 17.2. The van der Waals surface area contributed by atoms with Crippen LogP contribution in [-0.4, -0.2) is 19.6 Å². The summed E-state index contributed by atoms with van der Waals surface area (Å²) in [6, 6.07) is 18.9. The Hall–Kier alpha value is -1.60. The summed E-state index contributed by atoms with van der Waals surface area (Å²) >= 11 is 0. The molecule has 25 heavy (non-hydrogen) atoms. The van der Waals surface area contributed by atoms with E-state index in [1.807, 2.05) is 12.1 Å². The summed E-state index contributed by atoms with van der Waals surface area (Å²) in [7, 11) is 1.71. The number of halogens is 1. The van der Waals surface area contributed by atoms with Crippen LogP contribution < -0.4 is 10.6 Å². The van der Waals surface area contributed by atoms with E-state index in [1.54, 1.807) is 7.11 Å². The van der Waals surface area contributed by atoms with E-state index in [1.165, 1.54) is 16.7 Å². The maximum Gasteiger partial charge on any atom is 0.192 e. The number of methoxy groups -OCH3 is 1. The van der Waals surface area contributed by atoms with Gasteiger partial charge in [0, 0.05) is 13.7 Å². The van der Waals surface area contributed by atoms with Crippen LogP contribution in [0.2, 0.25) is 0 Å². The Bertz CT molecular complexity index is 646. The molecule has 0 aliphatic carbocycles. The monoisotopic (exact) mass is 453 g/mol. The Labute approximate surface area is 168 Å². The van der Waals surface area contributed by atoms with Crippen molar-refractivity contribution in [2.45, 2.75) is 33.0 Å². The molecular weight excluding hydrogens is 425 g/mol. The predicted molar refractivity (Wildman–Crippen MR) is 115 cm³/mol. The summed E-state index contributed by atoms with van der Waals surface area (Å²) < 4.78 is 5.19. The van der Waals surface area contributed by atoms with Crippen molar-refractivity contribution in [3.05, 3.63) is 71.3 Å². The Morgan fingerprint density at radius 2 is 1.80 bits per heavy atom. The van der Waals surface area contributed by atoms with E-state index in [-0.39, 0.29) is 30.0 Å². The zero-order valence-corrected chi connectivity index (χ0v) is 17.5. The molecule has 0 aliphatic rings. The summed E-state index contributed by atoms with van der Waals surface area (Å²) in [5, 5.41) is 6.77. The first kappa shape index (κ1) is 21.4. The molecule has 4 nitrogen and oxygen atoms in total. The highest BCUT2D eigenvalue weighted by Gasteiger charge is 2.07. The minimum absolute atomic E-state index is 0. The molecule has 0 aromatic heterocycles. The molecule has 2 rings (SSSR count). The molecule has 5 heteroatoms. The van der Waals surface area contributed by atoms with E-state index in [0.29, 0.717) is 13.2 Å². The third-order valence-electron chi connectivity index (χ3n) is 3.72. The highest BCUT2D eigenvalue weighted by Crippen LogP contribution is 2.11. The molecular formula is C20H28IN3O. The van der Waals surface area contributed by atoms with Crippen molar-refractivity contribution >= 4 is 29.9 Å². The average molecular weight is 453 g/mol. The van der Waals surface area contributed by atoms with Crippen LogP contribution in [0.1, 0.15) is 36.6 Å². The van der Waals surface area contributed by atoms with Crippen molar-refractivity contribution in [1.82, 2.24) is 10.6 Å². The average Bonchev–Trinajstić information content (AvgIpc) is 2.61. The van der Waals surface area contributed by atoms with Crippen molar-refractivity contribution in [3.8, 4) is 0 Å². The van der Waals surface area contributed by atoms with Crippen LogP contribution in [0.25, 0.3) is 0 Å². The summed E-state index contributed by atoms with van der Waals surface area (Å²) in [6.07, 6.45) is 0. The maximum atomic E-state index is 5.19.